The Bertz CT molecular complexity index is 275. The van der Waals surface area contributed by atoms with E-state index in [4.69, 9.17) is 5.11 Å². The average Bonchev–Trinajstić information content (AvgIpc) is 2.12. The Kier molecular flexibility index (Phi) is 5.41. The molecule has 0 aromatic heterocycles. The molecule has 0 spiro atoms. The van der Waals surface area contributed by atoms with E-state index in [0.29, 0.717) is 19.5 Å². The van der Waals surface area contributed by atoms with E-state index >= 15 is 0 Å². The summed E-state index contributed by atoms with van der Waals surface area (Å²) in [6, 6.07) is 0.272. The lowest BCUT2D eigenvalue weighted by atomic mass is 10.2. The van der Waals surface area contributed by atoms with Crippen molar-refractivity contribution >= 4 is 11.9 Å². The molecule has 1 heterocycles. The van der Waals surface area contributed by atoms with Crippen LogP contribution in [-0.4, -0.2) is 59.0 Å². The molecule has 98 valence electrons. The van der Waals surface area contributed by atoms with Crippen molar-refractivity contribution in [2.45, 2.75) is 39.2 Å². The second kappa shape index (κ2) is 6.59. The molecule has 0 aliphatic carbocycles. The lowest BCUT2D eigenvalue weighted by molar-refractivity contribution is -0.137. The van der Waals surface area contributed by atoms with E-state index in [1.807, 2.05) is 23.6 Å². The molecule has 0 bridgehead atoms. The van der Waals surface area contributed by atoms with Crippen molar-refractivity contribution in [1.29, 1.82) is 0 Å². The second-order valence-electron chi connectivity index (χ2n) is 4.80. The highest BCUT2D eigenvalue weighted by Gasteiger charge is 2.23. The van der Waals surface area contributed by atoms with Crippen LogP contribution in [0, 0.1) is 0 Å². The van der Waals surface area contributed by atoms with Gasteiger partial charge in [-0.25, -0.2) is 0 Å². The van der Waals surface area contributed by atoms with Crippen LogP contribution in [0.2, 0.25) is 0 Å². The van der Waals surface area contributed by atoms with Crippen LogP contribution in [-0.2, 0) is 9.59 Å². The van der Waals surface area contributed by atoms with Gasteiger partial charge in [0.1, 0.15) is 0 Å². The predicted molar refractivity (Wildman–Crippen MR) is 64.8 cm³/mol. The number of rotatable bonds is 7. The SMILES string of the molecule is CC(C)N(CCCC(=O)O)CC(=O)N1CCC1. The minimum Gasteiger partial charge on any atom is -0.481 e. The van der Waals surface area contributed by atoms with Crippen molar-refractivity contribution in [1.82, 2.24) is 9.80 Å². The highest BCUT2D eigenvalue weighted by atomic mass is 16.4. The van der Waals surface area contributed by atoms with E-state index in [9.17, 15) is 9.59 Å². The Hall–Kier alpha value is -1.10. The average molecular weight is 242 g/mol. The van der Waals surface area contributed by atoms with E-state index in [1.165, 1.54) is 0 Å². The number of likely N-dealkylation sites (tertiary alicyclic amines) is 1. The molecule has 0 unspecified atom stereocenters. The summed E-state index contributed by atoms with van der Waals surface area (Å²) in [6.07, 6.45) is 1.87. The predicted octanol–water partition coefficient (Wildman–Crippen LogP) is 0.794. The number of amides is 1. The number of nitrogens with zero attached hydrogens (tertiary/aromatic N) is 2. The van der Waals surface area contributed by atoms with Crippen LogP contribution in [0.15, 0.2) is 0 Å². The Labute approximate surface area is 102 Å². The van der Waals surface area contributed by atoms with E-state index in [2.05, 4.69) is 0 Å². The second-order valence-corrected chi connectivity index (χ2v) is 4.80. The first-order valence-electron chi connectivity index (χ1n) is 6.24. The molecule has 17 heavy (non-hydrogen) atoms. The largest absolute Gasteiger partial charge is 0.481 e. The normalized spacial score (nSPS) is 15.2. The molecule has 0 radical (unpaired) electrons. The van der Waals surface area contributed by atoms with Crippen molar-refractivity contribution in [3.63, 3.8) is 0 Å². The molecule has 1 saturated heterocycles. The van der Waals surface area contributed by atoms with Crippen molar-refractivity contribution < 1.29 is 14.7 Å². The first-order valence-corrected chi connectivity index (χ1v) is 6.24. The zero-order chi connectivity index (χ0) is 12.8. The lowest BCUT2D eigenvalue weighted by Gasteiger charge is -2.34. The van der Waals surface area contributed by atoms with Crippen LogP contribution in [0.25, 0.3) is 0 Å². The maximum Gasteiger partial charge on any atom is 0.303 e. The number of aliphatic carboxylic acids is 1. The summed E-state index contributed by atoms with van der Waals surface area (Å²) in [5.41, 5.74) is 0. The summed E-state index contributed by atoms with van der Waals surface area (Å²) in [7, 11) is 0. The van der Waals surface area contributed by atoms with Crippen LogP contribution in [0.5, 0.6) is 0 Å². The van der Waals surface area contributed by atoms with Gasteiger partial charge in [-0.3, -0.25) is 14.5 Å². The van der Waals surface area contributed by atoms with Gasteiger partial charge in [0.25, 0.3) is 0 Å². The number of carbonyl (C=O) groups excluding carboxylic acids is 1. The maximum absolute atomic E-state index is 11.8. The number of hydrogen-bond donors (Lipinski definition) is 1. The zero-order valence-corrected chi connectivity index (χ0v) is 10.7. The summed E-state index contributed by atoms with van der Waals surface area (Å²) in [5, 5.41) is 8.59. The van der Waals surface area contributed by atoms with Gasteiger partial charge in [-0.1, -0.05) is 0 Å². The smallest absolute Gasteiger partial charge is 0.303 e. The minimum atomic E-state index is -0.775. The van der Waals surface area contributed by atoms with Gasteiger partial charge in [0.2, 0.25) is 5.91 Å². The molecular weight excluding hydrogens is 220 g/mol. The van der Waals surface area contributed by atoms with Gasteiger partial charge in [0, 0.05) is 25.6 Å². The fourth-order valence-corrected chi connectivity index (χ4v) is 1.79. The Morgan fingerprint density at radius 1 is 1.35 bits per heavy atom. The Morgan fingerprint density at radius 3 is 2.41 bits per heavy atom. The molecule has 0 saturated carbocycles. The molecule has 1 amide bonds. The Morgan fingerprint density at radius 2 is 2.00 bits per heavy atom. The van der Waals surface area contributed by atoms with Crippen molar-refractivity contribution in [2.24, 2.45) is 0 Å². The number of carboxylic acid groups (broad SMARTS) is 1. The monoisotopic (exact) mass is 242 g/mol. The third-order valence-electron chi connectivity index (χ3n) is 3.11. The molecular formula is C12H22N2O3. The van der Waals surface area contributed by atoms with E-state index in [0.717, 1.165) is 19.5 Å². The molecule has 1 rings (SSSR count). The van der Waals surface area contributed by atoms with Gasteiger partial charge in [0.05, 0.1) is 6.54 Å². The summed E-state index contributed by atoms with van der Waals surface area (Å²) in [6.45, 7) is 6.90. The third-order valence-corrected chi connectivity index (χ3v) is 3.11. The van der Waals surface area contributed by atoms with E-state index in [1.54, 1.807) is 0 Å². The molecule has 1 aliphatic heterocycles. The highest BCUT2D eigenvalue weighted by molar-refractivity contribution is 5.79. The van der Waals surface area contributed by atoms with E-state index in [-0.39, 0.29) is 18.4 Å². The zero-order valence-electron chi connectivity index (χ0n) is 10.7. The van der Waals surface area contributed by atoms with Crippen molar-refractivity contribution in [3.05, 3.63) is 0 Å². The highest BCUT2D eigenvalue weighted by Crippen LogP contribution is 2.09. The maximum atomic E-state index is 11.8. The van der Waals surface area contributed by atoms with Crippen molar-refractivity contribution in [2.75, 3.05) is 26.2 Å². The molecule has 5 heteroatoms. The number of carbonyl (C=O) groups is 2. The van der Waals surface area contributed by atoms with Crippen LogP contribution in [0.3, 0.4) is 0 Å². The first kappa shape index (κ1) is 14.0. The molecule has 1 fully saturated rings. The van der Waals surface area contributed by atoms with Gasteiger partial charge in [-0.15, -0.1) is 0 Å². The van der Waals surface area contributed by atoms with Crippen molar-refractivity contribution in [3.8, 4) is 0 Å². The topological polar surface area (TPSA) is 60.9 Å². The molecule has 0 aromatic carbocycles. The molecule has 1 N–H and O–H groups in total. The fraction of sp³-hybridized carbons (Fsp3) is 0.833. The first-order chi connectivity index (χ1) is 8.00. The van der Waals surface area contributed by atoms with Crippen LogP contribution >= 0.6 is 0 Å². The van der Waals surface area contributed by atoms with Crippen LogP contribution < -0.4 is 0 Å². The molecule has 0 atom stereocenters. The number of hydrogen-bond acceptors (Lipinski definition) is 3. The van der Waals surface area contributed by atoms with E-state index < -0.39 is 5.97 Å². The van der Waals surface area contributed by atoms with Gasteiger partial charge >= 0.3 is 5.97 Å². The molecule has 0 aromatic rings. The number of carboxylic acids is 1. The van der Waals surface area contributed by atoms with Gasteiger partial charge in [0.15, 0.2) is 0 Å². The molecule has 5 nitrogen and oxygen atoms in total. The quantitative estimate of drug-likeness (QED) is 0.717. The summed E-state index contributed by atoms with van der Waals surface area (Å²) in [5.74, 6) is -0.608. The van der Waals surface area contributed by atoms with Gasteiger partial charge in [-0.05, 0) is 33.2 Å². The van der Waals surface area contributed by atoms with Crippen LogP contribution in [0.4, 0.5) is 0 Å². The molecule has 1 aliphatic rings. The van der Waals surface area contributed by atoms with Gasteiger partial charge in [-0.2, -0.15) is 0 Å². The Balaban J connectivity index is 2.31. The van der Waals surface area contributed by atoms with Gasteiger partial charge < -0.3 is 10.0 Å². The third kappa shape index (κ3) is 4.73. The van der Waals surface area contributed by atoms with Crippen LogP contribution in [0.1, 0.15) is 33.1 Å². The fourth-order valence-electron chi connectivity index (χ4n) is 1.79. The summed E-state index contributed by atoms with van der Waals surface area (Å²) in [4.78, 5) is 26.1. The minimum absolute atomic E-state index is 0.167. The summed E-state index contributed by atoms with van der Waals surface area (Å²) >= 11 is 0. The summed E-state index contributed by atoms with van der Waals surface area (Å²) < 4.78 is 0. The standard InChI is InChI=1S/C12H22N2O3/c1-10(2)14(6-3-5-12(16)17)9-11(15)13-7-4-8-13/h10H,3-9H2,1-2H3,(H,16,17). The lowest BCUT2D eigenvalue weighted by Crippen LogP contribution is -2.48.